The Morgan fingerprint density at radius 3 is 2.89 bits per heavy atom. The van der Waals surface area contributed by atoms with E-state index in [2.05, 4.69) is 10.3 Å². The summed E-state index contributed by atoms with van der Waals surface area (Å²) in [5.41, 5.74) is 0.253. The molecule has 1 atom stereocenters. The average molecular weight is 259 g/mol. The highest BCUT2D eigenvalue weighted by molar-refractivity contribution is 5.98. The molecule has 2 fully saturated rings. The van der Waals surface area contributed by atoms with Crippen LogP contribution in [0.2, 0.25) is 0 Å². The van der Waals surface area contributed by atoms with Crippen LogP contribution in [0.1, 0.15) is 25.3 Å². The lowest BCUT2D eigenvalue weighted by molar-refractivity contribution is -0.155. The summed E-state index contributed by atoms with van der Waals surface area (Å²) in [4.78, 5) is 30.2. The van der Waals surface area contributed by atoms with Crippen LogP contribution in [-0.2, 0) is 16.1 Å². The molecule has 1 unspecified atom stereocenters. The van der Waals surface area contributed by atoms with Gasteiger partial charge in [-0.1, -0.05) is 6.07 Å². The molecule has 2 heterocycles. The Balaban J connectivity index is 1.90. The maximum atomic E-state index is 12.2. The molecule has 5 heteroatoms. The first-order valence-electron chi connectivity index (χ1n) is 6.60. The molecule has 1 aromatic rings. The van der Waals surface area contributed by atoms with Crippen LogP contribution >= 0.6 is 0 Å². The topological polar surface area (TPSA) is 62.3 Å². The highest BCUT2D eigenvalue weighted by Crippen LogP contribution is 2.44. The number of nitrogens with zero attached hydrogens (tertiary/aromatic N) is 2. The van der Waals surface area contributed by atoms with Gasteiger partial charge in [0.15, 0.2) is 0 Å². The zero-order valence-corrected chi connectivity index (χ0v) is 10.9. The summed E-state index contributed by atoms with van der Waals surface area (Å²) >= 11 is 0. The zero-order valence-electron chi connectivity index (χ0n) is 10.9. The van der Waals surface area contributed by atoms with Gasteiger partial charge in [-0.3, -0.25) is 14.6 Å². The van der Waals surface area contributed by atoms with Gasteiger partial charge in [0.05, 0.1) is 6.54 Å². The number of pyridine rings is 1. The molecule has 3 rings (SSSR count). The van der Waals surface area contributed by atoms with Crippen LogP contribution in [0.15, 0.2) is 24.5 Å². The molecule has 0 spiro atoms. The fourth-order valence-electron chi connectivity index (χ4n) is 2.79. The van der Waals surface area contributed by atoms with Crippen molar-refractivity contribution in [3.63, 3.8) is 0 Å². The molecule has 1 aliphatic carbocycles. The van der Waals surface area contributed by atoms with Gasteiger partial charge in [-0.25, -0.2) is 0 Å². The fourth-order valence-corrected chi connectivity index (χ4v) is 2.79. The minimum absolute atomic E-state index is 0.0159. The summed E-state index contributed by atoms with van der Waals surface area (Å²) < 4.78 is 0. The van der Waals surface area contributed by atoms with E-state index in [4.69, 9.17) is 0 Å². The van der Waals surface area contributed by atoms with Crippen LogP contribution in [0.3, 0.4) is 0 Å². The Hall–Kier alpha value is -1.91. The molecular weight excluding hydrogens is 242 g/mol. The summed E-state index contributed by atoms with van der Waals surface area (Å²) in [6.07, 6.45) is 5.48. The maximum absolute atomic E-state index is 12.2. The van der Waals surface area contributed by atoms with Gasteiger partial charge in [-0.15, -0.1) is 0 Å². The lowest BCUT2D eigenvalue weighted by Crippen LogP contribution is -2.66. The summed E-state index contributed by atoms with van der Waals surface area (Å²) in [5.74, 6) is 0.241. The monoisotopic (exact) mass is 259 g/mol. The second-order valence-electron chi connectivity index (χ2n) is 5.45. The third-order valence-corrected chi connectivity index (χ3v) is 4.16. The van der Waals surface area contributed by atoms with Gasteiger partial charge in [-0.2, -0.15) is 0 Å². The number of amides is 2. The Labute approximate surface area is 112 Å². The number of hydrogen-bond donors (Lipinski definition) is 1. The molecule has 1 saturated heterocycles. The lowest BCUT2D eigenvalue weighted by Gasteiger charge is -2.44. The van der Waals surface area contributed by atoms with E-state index in [9.17, 15) is 9.59 Å². The summed E-state index contributed by atoms with van der Waals surface area (Å²) in [6.45, 7) is 2.43. The molecular formula is C14H17N3O2. The van der Waals surface area contributed by atoms with Gasteiger partial charge in [0.2, 0.25) is 11.8 Å². The second-order valence-corrected chi connectivity index (χ2v) is 5.45. The van der Waals surface area contributed by atoms with Crippen LogP contribution in [-0.4, -0.2) is 33.8 Å². The van der Waals surface area contributed by atoms with E-state index in [-0.39, 0.29) is 24.3 Å². The van der Waals surface area contributed by atoms with Gasteiger partial charge in [-0.05, 0) is 37.3 Å². The number of aromatic nitrogens is 1. The first-order chi connectivity index (χ1) is 9.12. The van der Waals surface area contributed by atoms with Gasteiger partial charge < -0.3 is 10.2 Å². The zero-order chi connectivity index (χ0) is 13.5. The highest BCUT2D eigenvalue weighted by atomic mass is 16.2. The summed E-state index contributed by atoms with van der Waals surface area (Å²) in [7, 11) is 0. The van der Waals surface area contributed by atoms with Crippen molar-refractivity contribution in [3.05, 3.63) is 30.1 Å². The van der Waals surface area contributed by atoms with Crippen LogP contribution in [0.4, 0.5) is 0 Å². The van der Waals surface area contributed by atoms with Gasteiger partial charge in [0, 0.05) is 18.9 Å². The Morgan fingerprint density at radius 1 is 1.47 bits per heavy atom. The molecule has 1 N–H and O–H groups in total. The second kappa shape index (κ2) is 4.33. The molecule has 0 bridgehead atoms. The van der Waals surface area contributed by atoms with Gasteiger partial charge >= 0.3 is 0 Å². The van der Waals surface area contributed by atoms with Crippen molar-refractivity contribution >= 4 is 11.8 Å². The Kier molecular flexibility index (Phi) is 2.77. The van der Waals surface area contributed by atoms with Crippen LogP contribution in [0.25, 0.3) is 0 Å². The molecule has 1 aromatic heterocycles. The van der Waals surface area contributed by atoms with Crippen LogP contribution < -0.4 is 5.32 Å². The van der Waals surface area contributed by atoms with E-state index in [0.717, 1.165) is 18.4 Å². The van der Waals surface area contributed by atoms with Gasteiger partial charge in [0.25, 0.3) is 0 Å². The number of nitrogens with one attached hydrogen (secondary N) is 1. The maximum Gasteiger partial charge on any atom is 0.246 e. The Bertz CT molecular complexity index is 513. The molecule has 0 aromatic carbocycles. The normalized spacial score (nSPS) is 27.3. The number of rotatable bonds is 3. The van der Waals surface area contributed by atoms with Crippen molar-refractivity contribution in [2.75, 3.05) is 6.54 Å². The quantitative estimate of drug-likeness (QED) is 0.869. The van der Waals surface area contributed by atoms with Crippen molar-refractivity contribution in [3.8, 4) is 0 Å². The van der Waals surface area contributed by atoms with Crippen molar-refractivity contribution in [1.82, 2.24) is 15.2 Å². The molecule has 0 radical (unpaired) electrons. The van der Waals surface area contributed by atoms with Crippen LogP contribution in [0.5, 0.6) is 0 Å². The standard InChI is InChI=1S/C14H17N3O2/c1-14(11-4-5-11)13(19)16-8-12(18)17(14)9-10-3-2-6-15-7-10/h2-3,6-7,11H,4-5,8-9H2,1H3,(H,16,19). The predicted octanol–water partition coefficient (Wildman–Crippen LogP) is 0.709. The molecule has 100 valence electrons. The number of carbonyl (C=O) groups excluding carboxylic acids is 2. The molecule has 2 amide bonds. The van der Waals surface area contributed by atoms with E-state index in [1.807, 2.05) is 19.1 Å². The average Bonchev–Trinajstić information content (AvgIpc) is 3.25. The van der Waals surface area contributed by atoms with Crippen molar-refractivity contribution < 1.29 is 9.59 Å². The van der Waals surface area contributed by atoms with Gasteiger partial charge in [0.1, 0.15) is 5.54 Å². The molecule has 1 saturated carbocycles. The highest BCUT2D eigenvalue weighted by Gasteiger charge is 2.54. The van der Waals surface area contributed by atoms with Crippen molar-refractivity contribution in [2.45, 2.75) is 31.8 Å². The third-order valence-electron chi connectivity index (χ3n) is 4.16. The summed E-state index contributed by atoms with van der Waals surface area (Å²) in [6, 6.07) is 3.78. The SMILES string of the molecule is CC1(C2CC2)C(=O)NCC(=O)N1Cc1cccnc1. The Morgan fingerprint density at radius 2 is 2.26 bits per heavy atom. The van der Waals surface area contributed by atoms with Crippen molar-refractivity contribution in [2.24, 2.45) is 5.92 Å². The van der Waals surface area contributed by atoms with E-state index in [1.54, 1.807) is 17.3 Å². The predicted molar refractivity (Wildman–Crippen MR) is 68.9 cm³/mol. The van der Waals surface area contributed by atoms with E-state index < -0.39 is 5.54 Å². The largest absolute Gasteiger partial charge is 0.345 e. The van der Waals surface area contributed by atoms with E-state index in [0.29, 0.717) is 6.54 Å². The number of hydrogen-bond acceptors (Lipinski definition) is 3. The van der Waals surface area contributed by atoms with Crippen LogP contribution in [0, 0.1) is 5.92 Å². The number of piperazine rings is 1. The lowest BCUT2D eigenvalue weighted by atomic mass is 9.89. The minimum Gasteiger partial charge on any atom is -0.345 e. The molecule has 1 aliphatic heterocycles. The smallest absolute Gasteiger partial charge is 0.246 e. The van der Waals surface area contributed by atoms with E-state index in [1.165, 1.54) is 0 Å². The molecule has 2 aliphatic rings. The number of carbonyl (C=O) groups is 2. The first-order valence-corrected chi connectivity index (χ1v) is 6.60. The summed E-state index contributed by atoms with van der Waals surface area (Å²) in [5, 5.41) is 2.71. The fraction of sp³-hybridized carbons (Fsp3) is 0.500. The molecule has 5 nitrogen and oxygen atoms in total. The van der Waals surface area contributed by atoms with E-state index >= 15 is 0 Å². The minimum atomic E-state index is -0.703. The first kappa shape index (κ1) is 12.1. The molecule has 19 heavy (non-hydrogen) atoms. The third kappa shape index (κ3) is 1.99. The van der Waals surface area contributed by atoms with Crippen molar-refractivity contribution in [1.29, 1.82) is 0 Å².